The molecule has 0 spiro atoms. The van der Waals surface area contributed by atoms with E-state index in [2.05, 4.69) is 26.8 Å². The average Bonchev–Trinajstić information content (AvgIpc) is 2.21. The Balaban J connectivity index is 2.05. The van der Waals surface area contributed by atoms with E-state index in [1.165, 1.54) is 12.4 Å². The Morgan fingerprint density at radius 2 is 1.71 bits per heavy atom. The summed E-state index contributed by atoms with van der Waals surface area (Å²) in [5, 5.41) is 9.05. The summed E-state index contributed by atoms with van der Waals surface area (Å²) in [5.41, 5.74) is 0. The summed E-state index contributed by atoms with van der Waals surface area (Å²) < 4.78 is 0. The van der Waals surface area contributed by atoms with Gasteiger partial charge in [-0.1, -0.05) is 0 Å². The minimum Gasteiger partial charge on any atom is -0.505 e. The molecule has 1 aliphatic heterocycles. The lowest BCUT2D eigenvalue weighted by atomic mass is 10.3. The van der Waals surface area contributed by atoms with Crippen molar-refractivity contribution in [3.8, 4) is 5.75 Å². The van der Waals surface area contributed by atoms with Gasteiger partial charge in [-0.25, -0.2) is 9.97 Å². The number of aromatic nitrogens is 2. The summed E-state index contributed by atoms with van der Waals surface area (Å²) in [6.45, 7) is 3.96. The van der Waals surface area contributed by atoms with E-state index in [-0.39, 0.29) is 5.75 Å². The summed E-state index contributed by atoms with van der Waals surface area (Å²) >= 11 is 0. The Bertz CT molecular complexity index is 292. The first-order chi connectivity index (χ1) is 6.75. The molecule has 2 heterocycles. The minimum absolute atomic E-state index is 0.114. The zero-order valence-electron chi connectivity index (χ0n) is 8.22. The van der Waals surface area contributed by atoms with Crippen molar-refractivity contribution in [2.45, 2.75) is 0 Å². The summed E-state index contributed by atoms with van der Waals surface area (Å²) in [4.78, 5) is 12.5. The monoisotopic (exact) mass is 194 g/mol. The van der Waals surface area contributed by atoms with Crippen molar-refractivity contribution in [3.63, 3.8) is 0 Å². The Hall–Kier alpha value is -1.36. The van der Waals surface area contributed by atoms with Crippen LogP contribution in [0.3, 0.4) is 0 Å². The molecule has 1 N–H and O–H groups in total. The zero-order valence-corrected chi connectivity index (χ0v) is 8.22. The first-order valence-corrected chi connectivity index (χ1v) is 4.70. The number of rotatable bonds is 1. The predicted molar refractivity (Wildman–Crippen MR) is 53.4 cm³/mol. The van der Waals surface area contributed by atoms with Crippen molar-refractivity contribution in [1.82, 2.24) is 14.9 Å². The quantitative estimate of drug-likeness (QED) is 0.678. The highest BCUT2D eigenvalue weighted by Crippen LogP contribution is 2.11. The molecular formula is C9H14N4O. The number of anilines is 1. The molecule has 1 aromatic heterocycles. The third-order valence-electron chi connectivity index (χ3n) is 2.41. The van der Waals surface area contributed by atoms with Crippen molar-refractivity contribution >= 4 is 5.95 Å². The van der Waals surface area contributed by atoms with Crippen molar-refractivity contribution in [2.24, 2.45) is 0 Å². The number of hydrogen-bond donors (Lipinski definition) is 1. The topological polar surface area (TPSA) is 52.5 Å². The Labute approximate surface area is 83.0 Å². The van der Waals surface area contributed by atoms with Crippen LogP contribution in [0.2, 0.25) is 0 Å². The molecular weight excluding hydrogens is 180 g/mol. The molecule has 0 radical (unpaired) electrons. The Morgan fingerprint density at radius 1 is 1.14 bits per heavy atom. The second-order valence-corrected chi connectivity index (χ2v) is 3.53. The van der Waals surface area contributed by atoms with Gasteiger partial charge >= 0.3 is 0 Å². The standard InChI is InChI=1S/C9H14N4O/c1-12-2-4-13(5-3-12)9-10-6-8(14)7-11-9/h6-7,14H,2-5H2,1H3. The molecule has 1 aliphatic rings. The second kappa shape index (κ2) is 3.79. The number of nitrogens with zero attached hydrogens (tertiary/aromatic N) is 4. The molecule has 14 heavy (non-hydrogen) atoms. The van der Waals surface area contributed by atoms with Crippen LogP contribution in [-0.2, 0) is 0 Å². The Morgan fingerprint density at radius 3 is 2.29 bits per heavy atom. The molecule has 0 aromatic carbocycles. The van der Waals surface area contributed by atoms with Gasteiger partial charge in [0.2, 0.25) is 5.95 Å². The van der Waals surface area contributed by atoms with E-state index < -0.39 is 0 Å². The lowest BCUT2D eigenvalue weighted by Crippen LogP contribution is -2.45. The molecule has 0 aliphatic carbocycles. The van der Waals surface area contributed by atoms with Gasteiger partial charge in [-0.3, -0.25) is 0 Å². The molecule has 1 fully saturated rings. The van der Waals surface area contributed by atoms with Crippen LogP contribution in [0.25, 0.3) is 0 Å². The summed E-state index contributed by atoms with van der Waals surface area (Å²) in [6.07, 6.45) is 2.86. The van der Waals surface area contributed by atoms with Gasteiger partial charge < -0.3 is 14.9 Å². The van der Waals surface area contributed by atoms with Crippen LogP contribution < -0.4 is 4.90 Å². The van der Waals surface area contributed by atoms with Gasteiger partial charge in [0, 0.05) is 26.2 Å². The summed E-state index contributed by atoms with van der Waals surface area (Å²) in [5.74, 6) is 0.818. The van der Waals surface area contributed by atoms with Crippen LogP contribution >= 0.6 is 0 Å². The number of aromatic hydroxyl groups is 1. The molecule has 2 rings (SSSR count). The molecule has 0 amide bonds. The van der Waals surface area contributed by atoms with Gasteiger partial charge in [0.15, 0.2) is 5.75 Å². The van der Waals surface area contributed by atoms with Crippen molar-refractivity contribution in [3.05, 3.63) is 12.4 Å². The number of likely N-dealkylation sites (N-methyl/N-ethyl adjacent to an activating group) is 1. The van der Waals surface area contributed by atoms with Crippen LogP contribution in [-0.4, -0.2) is 53.2 Å². The fraction of sp³-hybridized carbons (Fsp3) is 0.556. The second-order valence-electron chi connectivity index (χ2n) is 3.53. The molecule has 0 bridgehead atoms. The van der Waals surface area contributed by atoms with Crippen molar-refractivity contribution < 1.29 is 5.11 Å². The molecule has 1 saturated heterocycles. The Kier molecular flexibility index (Phi) is 2.49. The highest BCUT2D eigenvalue weighted by Gasteiger charge is 2.15. The SMILES string of the molecule is CN1CCN(c2ncc(O)cn2)CC1. The van der Waals surface area contributed by atoms with Gasteiger partial charge in [-0.05, 0) is 7.05 Å². The average molecular weight is 194 g/mol. The van der Waals surface area contributed by atoms with E-state index in [1.807, 2.05) is 0 Å². The largest absolute Gasteiger partial charge is 0.505 e. The van der Waals surface area contributed by atoms with Crippen LogP contribution in [0, 0.1) is 0 Å². The maximum absolute atomic E-state index is 9.05. The van der Waals surface area contributed by atoms with Gasteiger partial charge in [0.1, 0.15) is 0 Å². The van der Waals surface area contributed by atoms with Crippen LogP contribution in [0.5, 0.6) is 5.75 Å². The third kappa shape index (κ3) is 1.93. The number of hydrogen-bond acceptors (Lipinski definition) is 5. The first-order valence-electron chi connectivity index (χ1n) is 4.70. The van der Waals surface area contributed by atoms with E-state index in [1.54, 1.807) is 0 Å². The van der Waals surface area contributed by atoms with E-state index in [4.69, 9.17) is 5.11 Å². The van der Waals surface area contributed by atoms with Crippen LogP contribution in [0.4, 0.5) is 5.95 Å². The van der Waals surface area contributed by atoms with Crippen LogP contribution in [0.1, 0.15) is 0 Å². The van der Waals surface area contributed by atoms with Gasteiger partial charge in [-0.15, -0.1) is 0 Å². The highest BCUT2D eigenvalue weighted by atomic mass is 16.3. The maximum Gasteiger partial charge on any atom is 0.225 e. The molecule has 5 heteroatoms. The van der Waals surface area contributed by atoms with E-state index in [9.17, 15) is 0 Å². The lowest BCUT2D eigenvalue weighted by molar-refractivity contribution is 0.311. The van der Waals surface area contributed by atoms with Gasteiger partial charge in [0.05, 0.1) is 12.4 Å². The maximum atomic E-state index is 9.05. The van der Waals surface area contributed by atoms with Crippen molar-refractivity contribution in [1.29, 1.82) is 0 Å². The smallest absolute Gasteiger partial charge is 0.225 e. The third-order valence-corrected chi connectivity index (χ3v) is 2.41. The fourth-order valence-corrected chi connectivity index (χ4v) is 1.48. The molecule has 0 saturated carbocycles. The fourth-order valence-electron chi connectivity index (χ4n) is 1.48. The highest BCUT2D eigenvalue weighted by molar-refractivity contribution is 5.31. The van der Waals surface area contributed by atoms with E-state index >= 15 is 0 Å². The number of piperazine rings is 1. The summed E-state index contributed by atoms with van der Waals surface area (Å²) in [7, 11) is 2.11. The predicted octanol–water partition coefficient (Wildman–Crippen LogP) is -0.0660. The lowest BCUT2D eigenvalue weighted by Gasteiger charge is -2.32. The molecule has 1 aromatic rings. The van der Waals surface area contributed by atoms with E-state index in [0.29, 0.717) is 5.95 Å². The van der Waals surface area contributed by atoms with Gasteiger partial charge in [-0.2, -0.15) is 0 Å². The molecule has 0 atom stereocenters. The van der Waals surface area contributed by atoms with E-state index in [0.717, 1.165) is 26.2 Å². The van der Waals surface area contributed by atoms with Gasteiger partial charge in [0.25, 0.3) is 0 Å². The summed E-state index contributed by atoms with van der Waals surface area (Å²) in [6, 6.07) is 0. The normalized spacial score (nSPS) is 18.5. The zero-order chi connectivity index (χ0) is 9.97. The molecule has 76 valence electrons. The molecule has 0 unspecified atom stereocenters. The first kappa shape index (κ1) is 9.21. The van der Waals surface area contributed by atoms with Crippen LogP contribution in [0.15, 0.2) is 12.4 Å². The van der Waals surface area contributed by atoms with Crippen molar-refractivity contribution in [2.75, 3.05) is 38.1 Å². The molecule has 5 nitrogen and oxygen atoms in total. The minimum atomic E-state index is 0.114.